The number of hydrogen-bond donors (Lipinski definition) is 0. The summed E-state index contributed by atoms with van der Waals surface area (Å²) >= 11 is 2.05. The Bertz CT molecular complexity index is 1150. The minimum atomic E-state index is -3.39. The van der Waals surface area contributed by atoms with Gasteiger partial charge in [-0.3, -0.25) is 13.1 Å². The zero-order valence-electron chi connectivity index (χ0n) is 16.0. The number of ketones is 1. The van der Waals surface area contributed by atoms with E-state index in [0.717, 1.165) is 5.39 Å². The lowest BCUT2D eigenvalue weighted by Crippen LogP contribution is -2.25. The number of halogens is 1. The Hall–Kier alpha value is -1.91. The van der Waals surface area contributed by atoms with Crippen molar-refractivity contribution >= 4 is 62.7 Å². The molecule has 11 heteroatoms. The molecule has 0 spiro atoms. The number of carbonyl (C=O) groups is 1. The number of aromatic nitrogens is 1. The van der Waals surface area contributed by atoms with Gasteiger partial charge in [-0.25, -0.2) is 8.42 Å². The summed E-state index contributed by atoms with van der Waals surface area (Å²) in [7, 11) is 2.84. The lowest BCUT2D eigenvalue weighted by atomic mass is 10.1. The SMILES string of the molecule is COc1cc2cc(C(=O)/C(C#N)=C/N(C)C)n(SI)c2cc1N1CCCS1(=O)=O. The average molecular weight is 546 g/mol. The van der Waals surface area contributed by atoms with E-state index in [0.29, 0.717) is 35.6 Å². The van der Waals surface area contributed by atoms with Crippen LogP contribution in [0.2, 0.25) is 0 Å². The summed E-state index contributed by atoms with van der Waals surface area (Å²) in [5, 5.41) is 10.1. The molecule has 0 saturated carbocycles. The second-order valence-corrected chi connectivity index (χ2v) is 10.4. The number of carbonyl (C=O) groups excluding carboxylic acids is 1. The molecule has 3 rings (SSSR count). The van der Waals surface area contributed by atoms with Crippen LogP contribution in [0.4, 0.5) is 5.69 Å². The first-order valence-corrected chi connectivity index (χ1v) is 13.5. The van der Waals surface area contributed by atoms with Gasteiger partial charge in [-0.15, -0.1) is 0 Å². The molecule has 1 aliphatic heterocycles. The number of hydrogen-bond acceptors (Lipinski definition) is 7. The molecule has 0 bridgehead atoms. The molecule has 0 amide bonds. The van der Waals surface area contributed by atoms with Crippen molar-refractivity contribution < 1.29 is 17.9 Å². The van der Waals surface area contributed by atoms with Crippen LogP contribution < -0.4 is 9.04 Å². The molecule has 29 heavy (non-hydrogen) atoms. The molecule has 0 atom stereocenters. The highest BCUT2D eigenvalue weighted by atomic mass is 127. The maximum absolute atomic E-state index is 13.0. The molecule has 1 fully saturated rings. The molecule has 1 aromatic heterocycles. The largest absolute Gasteiger partial charge is 0.495 e. The van der Waals surface area contributed by atoms with Gasteiger partial charge in [-0.1, -0.05) is 0 Å². The number of benzene rings is 1. The molecule has 154 valence electrons. The standard InChI is InChI=1S/C18H19IN4O4S2/c1-21(2)11-13(10-20)18(24)16-7-12-8-17(27-3)15(9-14(12)23(16)28-19)22-5-4-6-29(22,25)26/h7-9,11H,4-6H2,1-3H3/b13-11+. The van der Waals surface area contributed by atoms with Crippen molar-refractivity contribution in [1.29, 1.82) is 5.26 Å². The van der Waals surface area contributed by atoms with Gasteiger partial charge in [0.1, 0.15) is 23.1 Å². The van der Waals surface area contributed by atoms with Crippen LogP contribution in [0, 0.1) is 11.3 Å². The van der Waals surface area contributed by atoms with E-state index in [9.17, 15) is 18.5 Å². The summed E-state index contributed by atoms with van der Waals surface area (Å²) < 4.78 is 33.3. The maximum Gasteiger partial charge on any atom is 0.235 e. The fourth-order valence-electron chi connectivity index (χ4n) is 3.24. The molecule has 2 aromatic rings. The number of ether oxygens (including phenoxy) is 1. The van der Waals surface area contributed by atoms with E-state index in [1.807, 2.05) is 6.07 Å². The van der Waals surface area contributed by atoms with E-state index in [-0.39, 0.29) is 11.3 Å². The van der Waals surface area contributed by atoms with Crippen molar-refractivity contribution in [1.82, 2.24) is 8.87 Å². The van der Waals surface area contributed by atoms with E-state index in [2.05, 4.69) is 21.2 Å². The summed E-state index contributed by atoms with van der Waals surface area (Å²) in [5.74, 6) is 0.110. The molecule has 0 unspecified atom stereocenters. The highest BCUT2D eigenvalue weighted by molar-refractivity contribution is 14.2. The van der Waals surface area contributed by atoms with Crippen molar-refractivity contribution in [2.24, 2.45) is 0 Å². The fraction of sp³-hybridized carbons (Fsp3) is 0.333. The molecule has 0 radical (unpaired) electrons. The Morgan fingerprint density at radius 3 is 2.62 bits per heavy atom. The van der Waals surface area contributed by atoms with Crippen LogP contribution in [0.5, 0.6) is 5.75 Å². The monoisotopic (exact) mass is 546 g/mol. The van der Waals surface area contributed by atoms with Gasteiger partial charge in [0, 0.05) is 62.6 Å². The number of fused-ring (bicyclic) bond motifs is 1. The average Bonchev–Trinajstić information content (AvgIpc) is 3.22. The van der Waals surface area contributed by atoms with E-state index in [4.69, 9.17) is 4.74 Å². The molecule has 2 heterocycles. The lowest BCUT2D eigenvalue weighted by molar-refractivity contribution is 0.103. The van der Waals surface area contributed by atoms with E-state index < -0.39 is 15.8 Å². The van der Waals surface area contributed by atoms with Gasteiger partial charge < -0.3 is 9.64 Å². The number of nitrogens with zero attached hydrogens (tertiary/aromatic N) is 4. The van der Waals surface area contributed by atoms with Crippen molar-refractivity contribution in [2.75, 3.05) is 37.8 Å². The van der Waals surface area contributed by atoms with Crippen LogP contribution >= 0.6 is 30.3 Å². The molecular weight excluding hydrogens is 527 g/mol. The summed E-state index contributed by atoms with van der Waals surface area (Å²) in [4.78, 5) is 14.6. The Balaban J connectivity index is 2.21. The van der Waals surface area contributed by atoms with E-state index >= 15 is 0 Å². The highest BCUT2D eigenvalue weighted by Gasteiger charge is 2.31. The first-order chi connectivity index (χ1) is 13.7. The van der Waals surface area contributed by atoms with Gasteiger partial charge in [-0.05, 0) is 24.6 Å². The number of anilines is 1. The molecular formula is C18H19IN4O4S2. The number of Topliss-reactive ketones (excluding diaryl/α,β-unsaturated/α-hetero) is 1. The van der Waals surface area contributed by atoms with Gasteiger partial charge in [-0.2, -0.15) is 5.26 Å². The van der Waals surface area contributed by atoms with Crippen LogP contribution in [0.3, 0.4) is 0 Å². The van der Waals surface area contributed by atoms with Gasteiger partial charge >= 0.3 is 0 Å². The molecule has 8 nitrogen and oxygen atoms in total. The second-order valence-electron chi connectivity index (χ2n) is 6.66. The normalized spacial score (nSPS) is 16.1. The third-order valence-corrected chi connectivity index (χ3v) is 8.05. The number of allylic oxidation sites excluding steroid dienone is 1. The van der Waals surface area contributed by atoms with Gasteiger partial charge in [0.25, 0.3) is 0 Å². The van der Waals surface area contributed by atoms with Crippen molar-refractivity contribution in [3.63, 3.8) is 0 Å². The Morgan fingerprint density at radius 2 is 2.10 bits per heavy atom. The lowest BCUT2D eigenvalue weighted by Gasteiger charge is -2.20. The van der Waals surface area contributed by atoms with E-state index in [1.54, 1.807) is 41.2 Å². The predicted octanol–water partition coefficient (Wildman–Crippen LogP) is 3.19. The molecule has 0 N–H and O–H groups in total. The summed E-state index contributed by atoms with van der Waals surface area (Å²) in [5.41, 5.74) is 1.47. The summed E-state index contributed by atoms with van der Waals surface area (Å²) in [6.07, 6.45) is 2.03. The van der Waals surface area contributed by atoms with Crippen LogP contribution in [0.15, 0.2) is 30.0 Å². The van der Waals surface area contributed by atoms with Crippen LogP contribution in [0.25, 0.3) is 10.9 Å². The molecule has 1 aliphatic rings. The second kappa shape index (κ2) is 8.45. The first kappa shape index (κ1) is 21.8. The third-order valence-electron chi connectivity index (χ3n) is 4.48. The van der Waals surface area contributed by atoms with Gasteiger partial charge in [0.05, 0.1) is 24.1 Å². The van der Waals surface area contributed by atoms with Crippen LogP contribution in [0.1, 0.15) is 16.9 Å². The van der Waals surface area contributed by atoms with Gasteiger partial charge in [0.15, 0.2) is 0 Å². The zero-order chi connectivity index (χ0) is 21.3. The Labute approximate surface area is 185 Å². The molecule has 1 aromatic carbocycles. The van der Waals surface area contributed by atoms with E-state index in [1.165, 1.54) is 26.7 Å². The predicted molar refractivity (Wildman–Crippen MR) is 123 cm³/mol. The van der Waals surface area contributed by atoms with Crippen molar-refractivity contribution in [2.45, 2.75) is 6.42 Å². The fourth-order valence-corrected chi connectivity index (χ4v) is 6.51. The number of methoxy groups -OCH3 is 1. The zero-order valence-corrected chi connectivity index (χ0v) is 19.8. The first-order valence-electron chi connectivity index (χ1n) is 8.59. The summed E-state index contributed by atoms with van der Waals surface area (Å²) in [6, 6.07) is 7.08. The molecule has 0 aliphatic carbocycles. The number of nitriles is 1. The topological polar surface area (TPSA) is 95.6 Å². The minimum absolute atomic E-state index is 0.0128. The maximum atomic E-state index is 13.0. The molecule has 1 saturated heterocycles. The summed E-state index contributed by atoms with van der Waals surface area (Å²) in [6.45, 7) is 0.387. The van der Waals surface area contributed by atoms with Crippen LogP contribution in [-0.4, -0.2) is 56.6 Å². The quantitative estimate of drug-likeness (QED) is 0.238. The Kier molecular flexibility index (Phi) is 6.35. The van der Waals surface area contributed by atoms with Crippen molar-refractivity contribution in [3.05, 3.63) is 35.7 Å². The minimum Gasteiger partial charge on any atom is -0.495 e. The highest BCUT2D eigenvalue weighted by Crippen LogP contribution is 2.40. The number of rotatable bonds is 6. The smallest absolute Gasteiger partial charge is 0.235 e. The third kappa shape index (κ3) is 4.06. The number of sulfonamides is 1. The Morgan fingerprint density at radius 1 is 1.38 bits per heavy atom. The van der Waals surface area contributed by atoms with Gasteiger partial charge in [0.2, 0.25) is 15.8 Å². The van der Waals surface area contributed by atoms with Crippen LogP contribution in [-0.2, 0) is 10.0 Å². The van der Waals surface area contributed by atoms with Crippen molar-refractivity contribution in [3.8, 4) is 11.8 Å².